The second kappa shape index (κ2) is 6.74. The molecule has 1 unspecified atom stereocenters. The quantitative estimate of drug-likeness (QED) is 0.742. The van der Waals surface area contributed by atoms with Crippen LogP contribution in [0, 0.1) is 5.92 Å². The number of hydrogen-bond donors (Lipinski definition) is 1. The van der Waals surface area contributed by atoms with Crippen LogP contribution in [0.25, 0.3) is 4.96 Å². The van der Waals surface area contributed by atoms with Gasteiger partial charge in [0.2, 0.25) is 11.8 Å². The summed E-state index contributed by atoms with van der Waals surface area (Å²) >= 11 is 1.64. The number of imidazole rings is 1. The van der Waals surface area contributed by atoms with Gasteiger partial charge in [-0.3, -0.25) is 14.0 Å². The Morgan fingerprint density at radius 3 is 2.68 bits per heavy atom. The van der Waals surface area contributed by atoms with E-state index in [0.29, 0.717) is 26.1 Å². The van der Waals surface area contributed by atoms with Gasteiger partial charge in [-0.1, -0.05) is 30.3 Å². The van der Waals surface area contributed by atoms with Gasteiger partial charge in [0.05, 0.1) is 11.6 Å². The van der Waals surface area contributed by atoms with Gasteiger partial charge in [-0.05, 0) is 18.4 Å². The molecule has 0 radical (unpaired) electrons. The standard InChI is InChI=1S/C21H22N4O2S/c26-18-12-15(13-22-18)19(27)24-8-6-21(7-9-24,16-4-2-1-3-5-16)17-14-25-10-11-28-20(25)23-17/h1-5,10-11,14-15H,6-9,12-13H2,(H,22,26). The van der Waals surface area contributed by atoms with E-state index in [1.807, 2.05) is 22.5 Å². The molecule has 4 heterocycles. The molecule has 2 aliphatic heterocycles. The van der Waals surface area contributed by atoms with Crippen LogP contribution in [0.4, 0.5) is 0 Å². The van der Waals surface area contributed by atoms with Gasteiger partial charge in [0.1, 0.15) is 0 Å². The van der Waals surface area contributed by atoms with Crippen LogP contribution in [-0.4, -0.2) is 45.7 Å². The highest BCUT2D eigenvalue weighted by Crippen LogP contribution is 2.42. The van der Waals surface area contributed by atoms with Crippen LogP contribution in [0.3, 0.4) is 0 Å². The summed E-state index contributed by atoms with van der Waals surface area (Å²) in [5.74, 6) is -0.132. The SMILES string of the molecule is O=C1CC(C(=O)N2CCC(c3ccccc3)(c3cn4ccsc4n3)CC2)CN1. The highest BCUT2D eigenvalue weighted by Gasteiger charge is 2.42. The molecule has 2 aromatic heterocycles. The number of piperidine rings is 1. The van der Waals surface area contributed by atoms with E-state index in [0.717, 1.165) is 23.5 Å². The molecule has 144 valence electrons. The molecule has 0 bridgehead atoms. The van der Waals surface area contributed by atoms with Crippen molar-refractivity contribution in [3.63, 3.8) is 0 Å². The lowest BCUT2D eigenvalue weighted by Gasteiger charge is -2.42. The number of carbonyl (C=O) groups excluding carboxylic acids is 2. The number of aromatic nitrogens is 2. The number of amides is 2. The van der Waals surface area contributed by atoms with E-state index in [1.54, 1.807) is 11.3 Å². The van der Waals surface area contributed by atoms with Crippen LogP contribution in [-0.2, 0) is 15.0 Å². The topological polar surface area (TPSA) is 66.7 Å². The van der Waals surface area contributed by atoms with Crippen molar-refractivity contribution in [1.29, 1.82) is 0 Å². The number of carbonyl (C=O) groups is 2. The highest BCUT2D eigenvalue weighted by atomic mass is 32.1. The Kier molecular flexibility index (Phi) is 4.19. The predicted molar refractivity (Wildman–Crippen MR) is 107 cm³/mol. The van der Waals surface area contributed by atoms with E-state index in [2.05, 4.69) is 40.2 Å². The van der Waals surface area contributed by atoms with Crippen molar-refractivity contribution in [2.75, 3.05) is 19.6 Å². The van der Waals surface area contributed by atoms with Crippen LogP contribution in [0.15, 0.2) is 48.1 Å². The average molecular weight is 395 g/mol. The number of benzene rings is 1. The summed E-state index contributed by atoms with van der Waals surface area (Å²) in [5, 5.41) is 4.81. The minimum absolute atomic E-state index is 0.0212. The van der Waals surface area contributed by atoms with Crippen molar-refractivity contribution < 1.29 is 9.59 Å². The molecule has 0 aliphatic carbocycles. The van der Waals surface area contributed by atoms with Crippen LogP contribution in [0.2, 0.25) is 0 Å². The summed E-state index contributed by atoms with van der Waals surface area (Å²) < 4.78 is 2.08. The summed E-state index contributed by atoms with van der Waals surface area (Å²) in [5.41, 5.74) is 2.15. The van der Waals surface area contributed by atoms with Crippen molar-refractivity contribution in [3.8, 4) is 0 Å². The lowest BCUT2D eigenvalue weighted by atomic mass is 9.70. The van der Waals surface area contributed by atoms with E-state index in [1.165, 1.54) is 5.56 Å². The smallest absolute Gasteiger partial charge is 0.227 e. The zero-order valence-corrected chi connectivity index (χ0v) is 16.3. The Morgan fingerprint density at radius 1 is 1.21 bits per heavy atom. The van der Waals surface area contributed by atoms with E-state index in [4.69, 9.17) is 4.98 Å². The van der Waals surface area contributed by atoms with Crippen LogP contribution >= 0.6 is 11.3 Å². The fraction of sp³-hybridized carbons (Fsp3) is 0.381. The maximum Gasteiger partial charge on any atom is 0.227 e. The second-order valence-electron chi connectivity index (χ2n) is 7.70. The van der Waals surface area contributed by atoms with Gasteiger partial charge in [-0.2, -0.15) is 0 Å². The van der Waals surface area contributed by atoms with Crippen molar-refractivity contribution in [3.05, 3.63) is 59.4 Å². The fourth-order valence-electron chi connectivity index (χ4n) is 4.55. The molecule has 28 heavy (non-hydrogen) atoms. The van der Waals surface area contributed by atoms with E-state index < -0.39 is 0 Å². The van der Waals surface area contributed by atoms with Crippen molar-refractivity contribution in [2.24, 2.45) is 5.92 Å². The Morgan fingerprint density at radius 2 is 2.00 bits per heavy atom. The fourth-order valence-corrected chi connectivity index (χ4v) is 5.25. The number of rotatable bonds is 3. The lowest BCUT2D eigenvalue weighted by Crippen LogP contribution is -2.48. The molecule has 2 amide bonds. The predicted octanol–water partition coefficient (Wildman–Crippen LogP) is 2.44. The molecule has 3 aromatic rings. The van der Waals surface area contributed by atoms with Crippen molar-refractivity contribution in [2.45, 2.75) is 24.7 Å². The molecular formula is C21H22N4O2S. The van der Waals surface area contributed by atoms with Gasteiger partial charge in [0.25, 0.3) is 0 Å². The molecule has 2 saturated heterocycles. The third-order valence-electron chi connectivity index (χ3n) is 6.17. The zero-order chi connectivity index (χ0) is 19.1. The maximum absolute atomic E-state index is 12.8. The summed E-state index contributed by atoms with van der Waals surface area (Å²) in [4.78, 5) is 32.2. The minimum atomic E-state index is -0.213. The normalized spacial score (nSPS) is 21.8. The third-order valence-corrected chi connectivity index (χ3v) is 6.94. The van der Waals surface area contributed by atoms with Crippen LogP contribution < -0.4 is 5.32 Å². The number of nitrogens with one attached hydrogen (secondary N) is 1. The Balaban J connectivity index is 1.44. The molecule has 0 saturated carbocycles. The van der Waals surface area contributed by atoms with E-state index in [9.17, 15) is 9.59 Å². The molecule has 1 N–H and O–H groups in total. The number of hydrogen-bond acceptors (Lipinski definition) is 4. The van der Waals surface area contributed by atoms with Gasteiger partial charge in [0, 0.05) is 49.2 Å². The lowest BCUT2D eigenvalue weighted by molar-refractivity contribution is -0.137. The van der Waals surface area contributed by atoms with Gasteiger partial charge in [-0.25, -0.2) is 4.98 Å². The first kappa shape index (κ1) is 17.4. The number of fused-ring (bicyclic) bond motifs is 1. The molecule has 7 heteroatoms. The number of thiazole rings is 1. The summed E-state index contributed by atoms with van der Waals surface area (Å²) in [6, 6.07) is 10.5. The highest BCUT2D eigenvalue weighted by molar-refractivity contribution is 7.15. The van der Waals surface area contributed by atoms with E-state index >= 15 is 0 Å². The number of nitrogens with zero attached hydrogens (tertiary/aromatic N) is 3. The monoisotopic (exact) mass is 394 g/mol. The molecule has 0 spiro atoms. The molecule has 1 atom stereocenters. The maximum atomic E-state index is 12.8. The molecule has 6 nitrogen and oxygen atoms in total. The van der Waals surface area contributed by atoms with Crippen LogP contribution in [0.1, 0.15) is 30.5 Å². The molecular weight excluding hydrogens is 372 g/mol. The average Bonchev–Trinajstić information content (AvgIpc) is 3.44. The van der Waals surface area contributed by atoms with Gasteiger partial charge < -0.3 is 10.2 Å². The molecule has 5 rings (SSSR count). The van der Waals surface area contributed by atoms with E-state index in [-0.39, 0.29) is 23.1 Å². The number of likely N-dealkylation sites (tertiary alicyclic amines) is 1. The first-order valence-electron chi connectivity index (χ1n) is 9.69. The largest absolute Gasteiger partial charge is 0.355 e. The van der Waals surface area contributed by atoms with Gasteiger partial charge in [-0.15, -0.1) is 11.3 Å². The summed E-state index contributed by atoms with van der Waals surface area (Å²) in [7, 11) is 0. The molecule has 2 aliphatic rings. The van der Waals surface area contributed by atoms with Crippen molar-refractivity contribution >= 4 is 28.1 Å². The van der Waals surface area contributed by atoms with Crippen molar-refractivity contribution in [1.82, 2.24) is 19.6 Å². The summed E-state index contributed by atoms with van der Waals surface area (Å²) in [6.45, 7) is 1.84. The first-order valence-corrected chi connectivity index (χ1v) is 10.6. The van der Waals surface area contributed by atoms with Crippen LogP contribution in [0.5, 0.6) is 0 Å². The molecule has 1 aromatic carbocycles. The Labute approximate surface area is 167 Å². The first-order chi connectivity index (χ1) is 13.7. The minimum Gasteiger partial charge on any atom is -0.355 e. The second-order valence-corrected chi connectivity index (χ2v) is 8.57. The zero-order valence-electron chi connectivity index (χ0n) is 15.5. The third kappa shape index (κ3) is 2.81. The van der Waals surface area contributed by atoms with Gasteiger partial charge >= 0.3 is 0 Å². The van der Waals surface area contributed by atoms with Gasteiger partial charge in [0.15, 0.2) is 4.96 Å². The Bertz CT molecular complexity index is 989. The Hall–Kier alpha value is -2.67. The summed E-state index contributed by atoms with van der Waals surface area (Å²) in [6.07, 6.45) is 6.16. The molecule has 2 fully saturated rings.